The van der Waals surface area contributed by atoms with Gasteiger partial charge in [0.1, 0.15) is 5.82 Å². The predicted octanol–water partition coefficient (Wildman–Crippen LogP) is 4.74. The fourth-order valence-electron chi connectivity index (χ4n) is 2.27. The Labute approximate surface area is 149 Å². The van der Waals surface area contributed by atoms with E-state index in [0.717, 1.165) is 0 Å². The van der Waals surface area contributed by atoms with Crippen molar-refractivity contribution in [3.63, 3.8) is 0 Å². The van der Waals surface area contributed by atoms with Crippen LogP contribution in [0.5, 0.6) is 0 Å². The second-order valence-corrected chi connectivity index (χ2v) is 5.81. The molecule has 0 aliphatic heterocycles. The first-order valence-corrected chi connectivity index (χ1v) is 7.99. The van der Waals surface area contributed by atoms with Crippen molar-refractivity contribution in [1.82, 2.24) is 4.98 Å². The lowest BCUT2D eigenvalue weighted by Crippen LogP contribution is -2.13. The smallest absolute Gasteiger partial charge is 0.257 e. The van der Waals surface area contributed by atoms with E-state index in [1.54, 1.807) is 54.7 Å². The summed E-state index contributed by atoms with van der Waals surface area (Å²) in [7, 11) is 0. The van der Waals surface area contributed by atoms with Crippen molar-refractivity contribution in [3.8, 4) is 0 Å². The molecule has 1 amide bonds. The summed E-state index contributed by atoms with van der Waals surface area (Å²) in [4.78, 5) is 16.4. The van der Waals surface area contributed by atoms with Gasteiger partial charge in [0, 0.05) is 35.2 Å². The number of benzene rings is 2. The number of carbonyl (C=O) groups is 1. The molecule has 2 N–H and O–H groups in total. The van der Waals surface area contributed by atoms with Gasteiger partial charge in [-0.3, -0.25) is 9.78 Å². The summed E-state index contributed by atoms with van der Waals surface area (Å²) in [6.07, 6.45) is 3.05. The van der Waals surface area contributed by atoms with Crippen LogP contribution in [0.1, 0.15) is 15.9 Å². The second kappa shape index (κ2) is 7.77. The summed E-state index contributed by atoms with van der Waals surface area (Å²) in [5.41, 5.74) is 2.15. The molecule has 0 spiro atoms. The average Bonchev–Trinajstić information content (AvgIpc) is 2.61. The Hall–Kier alpha value is -2.92. The van der Waals surface area contributed by atoms with E-state index in [-0.39, 0.29) is 11.7 Å². The van der Waals surface area contributed by atoms with Gasteiger partial charge in [-0.05, 0) is 30.3 Å². The molecule has 126 valence electrons. The lowest BCUT2D eigenvalue weighted by atomic mass is 10.2. The number of carbonyl (C=O) groups excluding carboxylic acids is 1. The number of aromatic nitrogens is 1. The van der Waals surface area contributed by atoms with Gasteiger partial charge in [0.05, 0.1) is 11.3 Å². The molecule has 3 rings (SSSR count). The fraction of sp³-hybridized carbons (Fsp3) is 0.0526. The highest BCUT2D eigenvalue weighted by Gasteiger charge is 2.08. The maximum atomic E-state index is 13.6. The minimum Gasteiger partial charge on any atom is -0.380 e. The molecule has 0 saturated heterocycles. The minimum absolute atomic E-state index is 0.280. The van der Waals surface area contributed by atoms with Crippen LogP contribution in [0.4, 0.5) is 15.8 Å². The van der Waals surface area contributed by atoms with Gasteiger partial charge < -0.3 is 10.6 Å². The van der Waals surface area contributed by atoms with Gasteiger partial charge >= 0.3 is 0 Å². The molecule has 6 heteroatoms. The summed E-state index contributed by atoms with van der Waals surface area (Å²) in [5.74, 6) is -0.581. The van der Waals surface area contributed by atoms with E-state index in [4.69, 9.17) is 11.6 Å². The normalized spacial score (nSPS) is 10.3. The van der Waals surface area contributed by atoms with Gasteiger partial charge in [0.25, 0.3) is 5.91 Å². The lowest BCUT2D eigenvalue weighted by molar-refractivity contribution is 0.102. The van der Waals surface area contributed by atoms with Crippen molar-refractivity contribution in [2.24, 2.45) is 0 Å². The van der Waals surface area contributed by atoms with Crippen LogP contribution in [-0.2, 0) is 6.54 Å². The van der Waals surface area contributed by atoms with Gasteiger partial charge in [-0.15, -0.1) is 0 Å². The van der Waals surface area contributed by atoms with E-state index in [1.807, 2.05) is 0 Å². The molecule has 0 atom stereocenters. The number of anilines is 2. The summed E-state index contributed by atoms with van der Waals surface area (Å²) >= 11 is 5.91. The largest absolute Gasteiger partial charge is 0.380 e. The fourth-order valence-corrected chi connectivity index (χ4v) is 2.46. The van der Waals surface area contributed by atoms with Crippen LogP contribution in [0.2, 0.25) is 5.02 Å². The van der Waals surface area contributed by atoms with Crippen molar-refractivity contribution < 1.29 is 9.18 Å². The highest BCUT2D eigenvalue weighted by molar-refractivity contribution is 6.30. The van der Waals surface area contributed by atoms with Crippen LogP contribution in [-0.4, -0.2) is 10.9 Å². The molecule has 0 radical (unpaired) electrons. The Kier molecular flexibility index (Phi) is 5.26. The first-order valence-electron chi connectivity index (χ1n) is 7.61. The number of halogens is 2. The minimum atomic E-state index is -0.302. The zero-order valence-electron chi connectivity index (χ0n) is 13.2. The maximum Gasteiger partial charge on any atom is 0.257 e. The number of pyridine rings is 1. The highest BCUT2D eigenvalue weighted by Crippen LogP contribution is 2.17. The molecular weight excluding hydrogens is 341 g/mol. The molecule has 0 aliphatic carbocycles. The standard InChI is InChI=1S/C19H15ClFN3O/c20-15-5-3-6-16(9-15)24-19(25)14-8-17(12-22-10-14)23-11-13-4-1-2-7-18(13)21/h1-10,12,23H,11H2,(H,24,25). The van der Waals surface area contributed by atoms with E-state index in [9.17, 15) is 9.18 Å². The number of nitrogens with one attached hydrogen (secondary N) is 2. The third kappa shape index (κ3) is 4.55. The van der Waals surface area contributed by atoms with Crippen molar-refractivity contribution in [1.29, 1.82) is 0 Å². The lowest BCUT2D eigenvalue weighted by Gasteiger charge is -2.09. The van der Waals surface area contributed by atoms with Crippen molar-refractivity contribution in [2.45, 2.75) is 6.54 Å². The van der Waals surface area contributed by atoms with Gasteiger partial charge in [-0.1, -0.05) is 35.9 Å². The summed E-state index contributed by atoms with van der Waals surface area (Å²) < 4.78 is 13.6. The number of nitrogens with zero attached hydrogens (tertiary/aromatic N) is 1. The van der Waals surface area contributed by atoms with Gasteiger partial charge in [0.2, 0.25) is 0 Å². The molecule has 0 aliphatic rings. The molecule has 0 unspecified atom stereocenters. The predicted molar refractivity (Wildman–Crippen MR) is 97.4 cm³/mol. The van der Waals surface area contributed by atoms with Crippen LogP contribution in [0.3, 0.4) is 0 Å². The zero-order valence-corrected chi connectivity index (χ0v) is 13.9. The van der Waals surface area contributed by atoms with E-state index in [0.29, 0.717) is 34.1 Å². The van der Waals surface area contributed by atoms with Crippen molar-refractivity contribution >= 4 is 28.9 Å². The Balaban J connectivity index is 1.68. The molecule has 1 heterocycles. The molecule has 3 aromatic rings. The molecule has 0 bridgehead atoms. The average molecular weight is 356 g/mol. The van der Waals surface area contributed by atoms with Crippen molar-refractivity contribution in [3.05, 3.63) is 89.0 Å². The summed E-state index contributed by atoms with van der Waals surface area (Å²) in [6.45, 7) is 0.299. The summed E-state index contributed by atoms with van der Waals surface area (Å²) in [6, 6.07) is 15.1. The van der Waals surface area contributed by atoms with E-state index < -0.39 is 0 Å². The monoisotopic (exact) mass is 355 g/mol. The quantitative estimate of drug-likeness (QED) is 0.695. The number of hydrogen-bond donors (Lipinski definition) is 2. The van der Waals surface area contributed by atoms with Gasteiger partial charge in [-0.2, -0.15) is 0 Å². The third-order valence-electron chi connectivity index (χ3n) is 3.52. The molecule has 1 aromatic heterocycles. The Bertz CT molecular complexity index is 901. The van der Waals surface area contributed by atoms with Crippen LogP contribution in [0.15, 0.2) is 67.0 Å². The van der Waals surface area contributed by atoms with Crippen molar-refractivity contribution in [2.75, 3.05) is 10.6 Å². The molecule has 0 saturated carbocycles. The van der Waals surface area contributed by atoms with Crippen LogP contribution in [0, 0.1) is 5.82 Å². The second-order valence-electron chi connectivity index (χ2n) is 5.37. The van der Waals surface area contributed by atoms with E-state index in [1.165, 1.54) is 12.3 Å². The topological polar surface area (TPSA) is 54.0 Å². The first kappa shape index (κ1) is 16.9. The van der Waals surface area contributed by atoms with Gasteiger partial charge in [-0.25, -0.2) is 4.39 Å². The number of rotatable bonds is 5. The Morgan fingerprint density at radius 3 is 2.68 bits per heavy atom. The third-order valence-corrected chi connectivity index (χ3v) is 3.76. The van der Waals surface area contributed by atoms with E-state index in [2.05, 4.69) is 15.6 Å². The molecule has 25 heavy (non-hydrogen) atoms. The SMILES string of the molecule is O=C(Nc1cccc(Cl)c1)c1cncc(NCc2ccccc2F)c1. The number of hydrogen-bond acceptors (Lipinski definition) is 3. The van der Waals surface area contributed by atoms with E-state index >= 15 is 0 Å². The zero-order chi connectivity index (χ0) is 17.6. The summed E-state index contributed by atoms with van der Waals surface area (Å²) in [5, 5.41) is 6.36. The first-order chi connectivity index (χ1) is 12.1. The molecule has 0 fully saturated rings. The molecule has 2 aromatic carbocycles. The maximum absolute atomic E-state index is 13.6. The molecule has 4 nitrogen and oxygen atoms in total. The van der Waals surface area contributed by atoms with Crippen LogP contribution >= 0.6 is 11.6 Å². The highest BCUT2D eigenvalue weighted by atomic mass is 35.5. The van der Waals surface area contributed by atoms with Crippen LogP contribution in [0.25, 0.3) is 0 Å². The number of amides is 1. The van der Waals surface area contributed by atoms with Gasteiger partial charge in [0.15, 0.2) is 0 Å². The van der Waals surface area contributed by atoms with Crippen LogP contribution < -0.4 is 10.6 Å². The molecular formula is C19H15ClFN3O. The Morgan fingerprint density at radius 1 is 1.04 bits per heavy atom. The Morgan fingerprint density at radius 2 is 1.88 bits per heavy atom.